The number of hydrogen-bond donors (Lipinski definition) is 1. The van der Waals surface area contributed by atoms with Gasteiger partial charge in [-0.1, -0.05) is 27.7 Å². The molecule has 0 aromatic rings. The normalized spacial score (nSPS) is 15.6. The molecule has 0 spiro atoms. The minimum Gasteiger partial charge on any atom is -0.468 e. The summed E-state index contributed by atoms with van der Waals surface area (Å²) in [6, 6.07) is 0. The van der Waals surface area contributed by atoms with Gasteiger partial charge in [0.15, 0.2) is 0 Å². The molecule has 0 aliphatic rings. The third kappa shape index (κ3) is 5.75. The van der Waals surface area contributed by atoms with Crippen LogP contribution >= 0.6 is 11.8 Å². The van der Waals surface area contributed by atoms with E-state index in [1.165, 1.54) is 7.11 Å². The number of ether oxygens (including phenoxy) is 1. The van der Waals surface area contributed by atoms with Crippen LogP contribution in [0.3, 0.4) is 0 Å². The summed E-state index contributed by atoms with van der Waals surface area (Å²) < 4.78 is 5.08. The molecule has 0 bridgehead atoms. The molecule has 3 nitrogen and oxygen atoms in total. The molecule has 0 saturated heterocycles. The molecule has 0 radical (unpaired) electrons. The summed E-state index contributed by atoms with van der Waals surface area (Å²) >= 11 is 1.87. The Balaban J connectivity index is 4.28. The second-order valence-corrected chi connectivity index (χ2v) is 6.99. The number of carbonyl (C=O) groups excluding carboxylic acids is 1. The van der Waals surface area contributed by atoms with Crippen LogP contribution in [0, 0.1) is 0 Å². The van der Waals surface area contributed by atoms with E-state index in [1.54, 1.807) is 0 Å². The van der Waals surface area contributed by atoms with Gasteiger partial charge in [-0.15, -0.1) is 0 Å². The van der Waals surface area contributed by atoms with Crippen molar-refractivity contribution in [2.75, 3.05) is 19.4 Å². The average molecular weight is 247 g/mol. The van der Waals surface area contributed by atoms with Gasteiger partial charge >= 0.3 is 5.97 Å². The van der Waals surface area contributed by atoms with Crippen LogP contribution in [0.2, 0.25) is 0 Å². The van der Waals surface area contributed by atoms with Gasteiger partial charge in [-0.25, -0.2) is 0 Å². The van der Waals surface area contributed by atoms with Gasteiger partial charge in [0.25, 0.3) is 0 Å². The monoisotopic (exact) mass is 247 g/mol. The van der Waals surface area contributed by atoms with Crippen molar-refractivity contribution in [1.29, 1.82) is 0 Å². The molecule has 0 aromatic heterocycles. The molecule has 0 aliphatic carbocycles. The Bertz CT molecular complexity index is 226. The van der Waals surface area contributed by atoms with Crippen LogP contribution in [0.25, 0.3) is 0 Å². The summed E-state index contributed by atoms with van der Waals surface area (Å²) in [6.45, 7) is 11.2. The van der Waals surface area contributed by atoms with Gasteiger partial charge in [0, 0.05) is 4.75 Å². The number of thioether (sulfide) groups is 1. The highest BCUT2D eigenvalue weighted by Crippen LogP contribution is 2.26. The Morgan fingerprint density at radius 3 is 2.25 bits per heavy atom. The van der Waals surface area contributed by atoms with E-state index in [0.717, 1.165) is 18.7 Å². The fourth-order valence-corrected chi connectivity index (χ4v) is 2.56. The van der Waals surface area contributed by atoms with Crippen LogP contribution in [0.4, 0.5) is 0 Å². The van der Waals surface area contributed by atoms with Crippen molar-refractivity contribution < 1.29 is 9.53 Å². The third-order valence-electron chi connectivity index (χ3n) is 2.34. The molecule has 4 heteroatoms. The molecular formula is C12H25NO2S. The molecule has 0 amide bonds. The zero-order chi connectivity index (χ0) is 12.8. The maximum atomic E-state index is 11.7. The van der Waals surface area contributed by atoms with Gasteiger partial charge < -0.3 is 10.1 Å². The van der Waals surface area contributed by atoms with Crippen LogP contribution in [0.5, 0.6) is 0 Å². The summed E-state index contributed by atoms with van der Waals surface area (Å²) in [5, 5.41) is 3.21. The Kier molecular flexibility index (Phi) is 6.41. The van der Waals surface area contributed by atoms with E-state index in [2.05, 4.69) is 26.1 Å². The van der Waals surface area contributed by atoms with E-state index in [9.17, 15) is 4.79 Å². The number of esters is 1. The first-order chi connectivity index (χ1) is 7.25. The fourth-order valence-electron chi connectivity index (χ4n) is 1.44. The Hall–Kier alpha value is -0.220. The minimum absolute atomic E-state index is 0.177. The number of hydrogen-bond acceptors (Lipinski definition) is 4. The lowest BCUT2D eigenvalue weighted by Crippen LogP contribution is -2.50. The molecule has 0 fully saturated rings. The van der Waals surface area contributed by atoms with E-state index in [1.807, 2.05) is 25.6 Å². The lowest BCUT2D eigenvalue weighted by Gasteiger charge is -2.28. The van der Waals surface area contributed by atoms with E-state index < -0.39 is 5.54 Å². The zero-order valence-electron chi connectivity index (χ0n) is 11.3. The zero-order valence-corrected chi connectivity index (χ0v) is 12.2. The first kappa shape index (κ1) is 15.8. The fraction of sp³-hybridized carbons (Fsp3) is 0.917. The molecular weight excluding hydrogens is 222 g/mol. The second-order valence-electron chi connectivity index (χ2n) is 5.06. The highest BCUT2D eigenvalue weighted by atomic mass is 32.2. The Morgan fingerprint density at radius 2 is 1.88 bits per heavy atom. The summed E-state index contributed by atoms with van der Waals surface area (Å²) in [6.07, 6.45) is 0.787. The van der Waals surface area contributed by atoms with Crippen LogP contribution in [0.15, 0.2) is 0 Å². The Morgan fingerprint density at radius 1 is 1.31 bits per heavy atom. The SMILES string of the molecule is CCNC(C)(CCSC(C)(C)C)C(=O)OC. The van der Waals surface area contributed by atoms with Gasteiger partial charge in [0.05, 0.1) is 7.11 Å². The van der Waals surface area contributed by atoms with Crippen LogP contribution < -0.4 is 5.32 Å². The van der Waals surface area contributed by atoms with Crippen molar-refractivity contribution in [1.82, 2.24) is 5.32 Å². The van der Waals surface area contributed by atoms with E-state index in [-0.39, 0.29) is 10.7 Å². The largest absolute Gasteiger partial charge is 0.468 e. The van der Waals surface area contributed by atoms with Crippen LogP contribution in [-0.4, -0.2) is 35.7 Å². The van der Waals surface area contributed by atoms with Gasteiger partial charge in [-0.2, -0.15) is 11.8 Å². The molecule has 0 aliphatic heterocycles. The van der Waals surface area contributed by atoms with Crippen LogP contribution in [-0.2, 0) is 9.53 Å². The molecule has 96 valence electrons. The topological polar surface area (TPSA) is 38.3 Å². The molecule has 16 heavy (non-hydrogen) atoms. The van der Waals surface area contributed by atoms with Gasteiger partial charge in [0.2, 0.25) is 0 Å². The maximum Gasteiger partial charge on any atom is 0.325 e. The van der Waals surface area contributed by atoms with Crippen molar-refractivity contribution in [2.45, 2.75) is 51.3 Å². The molecule has 0 saturated carbocycles. The quantitative estimate of drug-likeness (QED) is 0.732. The molecule has 0 heterocycles. The van der Waals surface area contributed by atoms with Crippen molar-refractivity contribution >= 4 is 17.7 Å². The van der Waals surface area contributed by atoms with Crippen molar-refractivity contribution in [3.05, 3.63) is 0 Å². The predicted octanol–water partition coefficient (Wildman–Crippen LogP) is 2.45. The molecule has 0 aromatic carbocycles. The standard InChI is InChI=1S/C12H25NO2S/c1-7-13-12(5,10(14)15-6)8-9-16-11(2,3)4/h13H,7-9H2,1-6H3. The predicted molar refractivity (Wildman–Crippen MR) is 70.9 cm³/mol. The number of rotatable bonds is 6. The van der Waals surface area contributed by atoms with Crippen molar-refractivity contribution in [2.24, 2.45) is 0 Å². The lowest BCUT2D eigenvalue weighted by molar-refractivity contribution is -0.148. The van der Waals surface area contributed by atoms with Crippen LogP contribution in [0.1, 0.15) is 41.0 Å². The van der Waals surface area contributed by atoms with E-state index in [4.69, 9.17) is 4.74 Å². The smallest absolute Gasteiger partial charge is 0.325 e. The summed E-state index contributed by atoms with van der Waals surface area (Å²) in [4.78, 5) is 11.7. The van der Waals surface area contributed by atoms with Crippen molar-refractivity contribution in [3.63, 3.8) is 0 Å². The average Bonchev–Trinajstić information content (AvgIpc) is 2.14. The molecule has 0 rings (SSSR count). The second kappa shape index (κ2) is 6.50. The van der Waals surface area contributed by atoms with Gasteiger partial charge in [-0.3, -0.25) is 4.79 Å². The van der Waals surface area contributed by atoms with E-state index in [0.29, 0.717) is 0 Å². The number of methoxy groups -OCH3 is 1. The summed E-state index contributed by atoms with van der Waals surface area (Å²) in [5.74, 6) is 0.770. The molecule has 1 unspecified atom stereocenters. The summed E-state index contributed by atoms with van der Waals surface area (Å²) in [5.41, 5.74) is -0.554. The first-order valence-corrected chi connectivity index (χ1v) is 6.71. The van der Waals surface area contributed by atoms with Gasteiger partial charge in [-0.05, 0) is 25.6 Å². The number of nitrogens with one attached hydrogen (secondary N) is 1. The summed E-state index contributed by atoms with van der Waals surface area (Å²) in [7, 11) is 1.44. The maximum absolute atomic E-state index is 11.7. The molecule has 1 atom stereocenters. The van der Waals surface area contributed by atoms with Gasteiger partial charge in [0.1, 0.15) is 5.54 Å². The highest BCUT2D eigenvalue weighted by molar-refractivity contribution is 8.00. The van der Waals surface area contributed by atoms with Crippen molar-refractivity contribution in [3.8, 4) is 0 Å². The number of carbonyl (C=O) groups is 1. The lowest BCUT2D eigenvalue weighted by atomic mass is 9.99. The first-order valence-electron chi connectivity index (χ1n) is 5.72. The third-order valence-corrected chi connectivity index (χ3v) is 3.61. The number of likely N-dealkylation sites (N-methyl/N-ethyl adjacent to an activating group) is 1. The minimum atomic E-state index is -0.554. The highest BCUT2D eigenvalue weighted by Gasteiger charge is 2.33. The van der Waals surface area contributed by atoms with E-state index >= 15 is 0 Å². The Labute approximate surface area is 104 Å². The molecule has 1 N–H and O–H groups in total.